The van der Waals surface area contributed by atoms with Crippen molar-refractivity contribution >= 4 is 17.5 Å². The molecule has 0 fully saturated rings. The van der Waals surface area contributed by atoms with E-state index in [1.165, 1.54) is 0 Å². The maximum atomic E-state index is 12.1. The molecular formula is C14H21ClN2O3. The molecule has 1 unspecified atom stereocenters. The standard InChI is InChI=1S/C14H21ClN2O3/c1-4-5-11-6-10(7-13(15)17-11)14(18)16-8-12(20-3)9-19-2/h6-7,12H,4-5,8-9H2,1-3H3,(H,16,18). The molecule has 0 spiro atoms. The van der Waals surface area contributed by atoms with E-state index in [2.05, 4.69) is 17.2 Å². The number of aryl methyl sites for hydroxylation is 1. The first-order valence-electron chi connectivity index (χ1n) is 6.57. The Morgan fingerprint density at radius 1 is 1.45 bits per heavy atom. The zero-order valence-electron chi connectivity index (χ0n) is 12.1. The van der Waals surface area contributed by atoms with Crippen LogP contribution in [0.15, 0.2) is 12.1 Å². The van der Waals surface area contributed by atoms with Gasteiger partial charge in [-0.1, -0.05) is 24.9 Å². The van der Waals surface area contributed by atoms with Crippen molar-refractivity contribution in [2.45, 2.75) is 25.9 Å². The SMILES string of the molecule is CCCc1cc(C(=O)NCC(COC)OC)cc(Cl)n1. The van der Waals surface area contributed by atoms with Crippen LogP contribution in [0.5, 0.6) is 0 Å². The van der Waals surface area contributed by atoms with Gasteiger partial charge in [0.05, 0.1) is 12.7 Å². The Balaban J connectivity index is 2.67. The van der Waals surface area contributed by atoms with Gasteiger partial charge in [-0.15, -0.1) is 0 Å². The number of pyridine rings is 1. The number of aromatic nitrogens is 1. The monoisotopic (exact) mass is 300 g/mol. The van der Waals surface area contributed by atoms with Gasteiger partial charge in [0.1, 0.15) is 5.15 Å². The molecule has 1 atom stereocenters. The average molecular weight is 301 g/mol. The molecule has 0 aliphatic carbocycles. The van der Waals surface area contributed by atoms with Crippen molar-refractivity contribution in [1.29, 1.82) is 0 Å². The predicted molar refractivity (Wildman–Crippen MR) is 78.2 cm³/mol. The molecule has 1 N–H and O–H groups in total. The van der Waals surface area contributed by atoms with Gasteiger partial charge in [-0.3, -0.25) is 4.79 Å². The number of ether oxygens (including phenoxy) is 2. The summed E-state index contributed by atoms with van der Waals surface area (Å²) in [5.41, 5.74) is 1.34. The van der Waals surface area contributed by atoms with E-state index in [0.29, 0.717) is 23.9 Å². The molecule has 1 amide bonds. The lowest BCUT2D eigenvalue weighted by molar-refractivity contribution is 0.0285. The normalized spacial score (nSPS) is 12.2. The number of rotatable bonds is 8. The first-order chi connectivity index (χ1) is 9.60. The molecule has 1 aromatic rings. The van der Waals surface area contributed by atoms with Crippen molar-refractivity contribution in [3.05, 3.63) is 28.5 Å². The summed E-state index contributed by atoms with van der Waals surface area (Å²) in [7, 11) is 3.17. The summed E-state index contributed by atoms with van der Waals surface area (Å²) in [6.45, 7) is 2.86. The first-order valence-corrected chi connectivity index (χ1v) is 6.94. The second kappa shape index (κ2) is 8.89. The lowest BCUT2D eigenvalue weighted by Crippen LogP contribution is -2.35. The van der Waals surface area contributed by atoms with Gasteiger partial charge in [0.15, 0.2) is 0 Å². The van der Waals surface area contributed by atoms with Gasteiger partial charge in [0.2, 0.25) is 0 Å². The average Bonchev–Trinajstić information content (AvgIpc) is 2.42. The maximum Gasteiger partial charge on any atom is 0.251 e. The lowest BCUT2D eigenvalue weighted by atomic mass is 10.1. The zero-order valence-corrected chi connectivity index (χ0v) is 12.9. The number of nitrogens with zero attached hydrogens (tertiary/aromatic N) is 1. The van der Waals surface area contributed by atoms with Crippen molar-refractivity contribution in [1.82, 2.24) is 10.3 Å². The minimum atomic E-state index is -0.190. The molecule has 1 rings (SSSR count). The fraction of sp³-hybridized carbons (Fsp3) is 0.571. The molecule has 0 aromatic carbocycles. The van der Waals surface area contributed by atoms with Crippen LogP contribution >= 0.6 is 11.6 Å². The predicted octanol–water partition coefficient (Wildman–Crippen LogP) is 2.08. The highest BCUT2D eigenvalue weighted by Gasteiger charge is 2.12. The summed E-state index contributed by atoms with van der Waals surface area (Å²) in [5, 5.41) is 3.14. The van der Waals surface area contributed by atoms with Crippen molar-refractivity contribution in [2.75, 3.05) is 27.4 Å². The molecule has 0 saturated carbocycles. The van der Waals surface area contributed by atoms with E-state index in [9.17, 15) is 4.79 Å². The number of hydrogen-bond donors (Lipinski definition) is 1. The molecule has 6 heteroatoms. The van der Waals surface area contributed by atoms with Gasteiger partial charge in [-0.2, -0.15) is 0 Å². The molecule has 0 aliphatic rings. The summed E-state index contributed by atoms with van der Waals surface area (Å²) in [6.07, 6.45) is 1.58. The molecule has 0 aliphatic heterocycles. The van der Waals surface area contributed by atoms with Crippen molar-refractivity contribution in [3.63, 3.8) is 0 Å². The highest BCUT2D eigenvalue weighted by Crippen LogP contribution is 2.12. The number of nitrogens with one attached hydrogen (secondary N) is 1. The molecule has 112 valence electrons. The summed E-state index contributed by atoms with van der Waals surface area (Å²) in [4.78, 5) is 16.3. The summed E-state index contributed by atoms with van der Waals surface area (Å²) in [6, 6.07) is 3.33. The van der Waals surface area contributed by atoms with Crippen molar-refractivity contribution in [3.8, 4) is 0 Å². The number of hydrogen-bond acceptors (Lipinski definition) is 4. The van der Waals surface area contributed by atoms with Crippen LogP contribution in [0.1, 0.15) is 29.4 Å². The fourth-order valence-electron chi connectivity index (χ4n) is 1.77. The summed E-state index contributed by atoms with van der Waals surface area (Å²) in [5.74, 6) is -0.190. The molecule has 1 heterocycles. The van der Waals surface area contributed by atoms with Crippen LogP contribution in [0.2, 0.25) is 5.15 Å². The Morgan fingerprint density at radius 3 is 2.80 bits per heavy atom. The third-order valence-corrected chi connectivity index (χ3v) is 2.99. The van der Waals surface area contributed by atoms with Gasteiger partial charge >= 0.3 is 0 Å². The van der Waals surface area contributed by atoms with Gasteiger partial charge in [-0.25, -0.2) is 4.98 Å². The zero-order chi connectivity index (χ0) is 15.0. The van der Waals surface area contributed by atoms with E-state index in [1.54, 1.807) is 26.4 Å². The Bertz CT molecular complexity index is 440. The number of carbonyl (C=O) groups excluding carboxylic acids is 1. The highest BCUT2D eigenvalue weighted by molar-refractivity contribution is 6.29. The second-order valence-electron chi connectivity index (χ2n) is 4.44. The highest BCUT2D eigenvalue weighted by atomic mass is 35.5. The third kappa shape index (κ3) is 5.45. The van der Waals surface area contributed by atoms with Crippen LogP contribution in [-0.2, 0) is 15.9 Å². The van der Waals surface area contributed by atoms with Crippen LogP contribution < -0.4 is 5.32 Å². The van der Waals surface area contributed by atoms with Gasteiger partial charge < -0.3 is 14.8 Å². The van der Waals surface area contributed by atoms with Crippen LogP contribution in [0.25, 0.3) is 0 Å². The smallest absolute Gasteiger partial charge is 0.251 e. The van der Waals surface area contributed by atoms with E-state index in [-0.39, 0.29) is 12.0 Å². The minimum absolute atomic E-state index is 0.170. The Hall–Kier alpha value is -1.17. The fourth-order valence-corrected chi connectivity index (χ4v) is 2.00. The largest absolute Gasteiger partial charge is 0.382 e. The molecule has 1 aromatic heterocycles. The molecular weight excluding hydrogens is 280 g/mol. The summed E-state index contributed by atoms with van der Waals surface area (Å²) < 4.78 is 10.2. The van der Waals surface area contributed by atoms with Gasteiger partial charge in [-0.05, 0) is 18.6 Å². The number of amides is 1. The van der Waals surface area contributed by atoms with Gasteiger partial charge in [0, 0.05) is 32.0 Å². The third-order valence-electron chi connectivity index (χ3n) is 2.79. The lowest BCUT2D eigenvalue weighted by Gasteiger charge is -2.15. The minimum Gasteiger partial charge on any atom is -0.382 e. The van der Waals surface area contributed by atoms with Crippen molar-refractivity contribution in [2.24, 2.45) is 0 Å². The van der Waals surface area contributed by atoms with Crippen molar-refractivity contribution < 1.29 is 14.3 Å². The number of halogens is 1. The van der Waals surface area contributed by atoms with E-state index >= 15 is 0 Å². The Morgan fingerprint density at radius 2 is 2.20 bits per heavy atom. The van der Waals surface area contributed by atoms with E-state index in [1.807, 2.05) is 0 Å². The van der Waals surface area contributed by atoms with Crippen LogP contribution in [0.3, 0.4) is 0 Å². The molecule has 0 saturated heterocycles. The first kappa shape index (κ1) is 16.9. The quantitative estimate of drug-likeness (QED) is 0.747. The Kier molecular flexibility index (Phi) is 7.51. The molecule has 5 nitrogen and oxygen atoms in total. The van der Waals surface area contributed by atoms with E-state index in [0.717, 1.165) is 18.5 Å². The Labute approximate surface area is 124 Å². The van der Waals surface area contributed by atoms with Crippen LogP contribution in [-0.4, -0.2) is 44.4 Å². The van der Waals surface area contributed by atoms with Crippen LogP contribution in [0.4, 0.5) is 0 Å². The molecule has 0 radical (unpaired) electrons. The van der Waals surface area contributed by atoms with Crippen LogP contribution in [0, 0.1) is 0 Å². The maximum absolute atomic E-state index is 12.1. The van der Waals surface area contributed by atoms with E-state index in [4.69, 9.17) is 21.1 Å². The second-order valence-corrected chi connectivity index (χ2v) is 4.83. The van der Waals surface area contributed by atoms with Gasteiger partial charge in [0.25, 0.3) is 5.91 Å². The summed E-state index contributed by atoms with van der Waals surface area (Å²) >= 11 is 5.93. The number of carbonyl (C=O) groups is 1. The molecule has 20 heavy (non-hydrogen) atoms. The molecule has 0 bridgehead atoms. The number of methoxy groups -OCH3 is 2. The van der Waals surface area contributed by atoms with E-state index < -0.39 is 0 Å². The topological polar surface area (TPSA) is 60.5 Å².